The first-order chi connectivity index (χ1) is 2.89. The number of hydrogen-bond acceptors (Lipinski definition) is 0. The molecule has 0 aromatic heterocycles. The second-order valence-corrected chi connectivity index (χ2v) is 5.38. The first-order valence-corrected chi connectivity index (χ1v) is 5.07. The first-order valence-electron chi connectivity index (χ1n) is 1.99. The van der Waals surface area contributed by atoms with E-state index < -0.39 is 0 Å². The predicted molar refractivity (Wildman–Crippen MR) is 30.0 cm³/mol. The van der Waals surface area contributed by atoms with Gasteiger partial charge in [0.1, 0.15) is 0 Å². The van der Waals surface area contributed by atoms with Crippen LogP contribution in [0, 0.1) is 0 Å². The first kappa shape index (κ1) is 4.46. The van der Waals surface area contributed by atoms with Gasteiger partial charge in [0, 0.05) is 0 Å². The zero-order valence-corrected chi connectivity index (χ0v) is 6.59. The molecule has 0 bridgehead atoms. The second kappa shape index (κ2) is 1.84. The normalized spacial score (nSPS) is 18.5. The average molecular weight is 189 g/mol. The third kappa shape index (κ3) is 0.878. The van der Waals surface area contributed by atoms with Gasteiger partial charge in [0.15, 0.2) is 0 Å². The van der Waals surface area contributed by atoms with Gasteiger partial charge in [0.25, 0.3) is 0 Å². The summed E-state index contributed by atoms with van der Waals surface area (Å²) in [6.45, 7) is 2.21. The quantitative estimate of drug-likeness (QED) is 0.495. The molecule has 0 spiro atoms. The van der Waals surface area contributed by atoms with Gasteiger partial charge in [0.2, 0.25) is 0 Å². The van der Waals surface area contributed by atoms with Crippen LogP contribution in [0.1, 0.15) is 6.92 Å². The molecule has 0 atom stereocenters. The van der Waals surface area contributed by atoms with Crippen LogP contribution in [0.5, 0.6) is 0 Å². The summed E-state index contributed by atoms with van der Waals surface area (Å²) in [5.74, 6) is 0. The van der Waals surface area contributed by atoms with E-state index in [0.717, 1.165) is 0 Å². The van der Waals surface area contributed by atoms with Crippen molar-refractivity contribution < 1.29 is 0 Å². The van der Waals surface area contributed by atoms with Gasteiger partial charge >= 0.3 is 48.2 Å². The molecule has 1 heterocycles. The molecule has 1 rings (SSSR count). The fraction of sp³-hybridized carbons (Fsp3) is 0.200. The van der Waals surface area contributed by atoms with Crippen LogP contribution in [0.15, 0.2) is 19.7 Å². The van der Waals surface area contributed by atoms with Gasteiger partial charge in [-0.25, -0.2) is 0 Å². The summed E-state index contributed by atoms with van der Waals surface area (Å²) in [7, 11) is 0. The van der Waals surface area contributed by atoms with E-state index in [4.69, 9.17) is 0 Å². The van der Waals surface area contributed by atoms with Crippen LogP contribution in [0.4, 0.5) is 0 Å². The van der Waals surface area contributed by atoms with Crippen LogP contribution in [-0.4, -0.2) is 21.6 Å². The van der Waals surface area contributed by atoms with Crippen molar-refractivity contribution in [2.24, 2.45) is 0 Å². The van der Waals surface area contributed by atoms with Crippen molar-refractivity contribution >= 4 is 21.6 Å². The molecule has 0 unspecified atom stereocenters. The van der Waals surface area contributed by atoms with Gasteiger partial charge in [-0.2, -0.15) is 0 Å². The molecule has 0 N–H and O–H groups in total. The van der Waals surface area contributed by atoms with Crippen LogP contribution < -0.4 is 0 Å². The molecule has 0 nitrogen and oxygen atoms in total. The van der Waals surface area contributed by atoms with E-state index in [1.807, 2.05) is 0 Å². The van der Waals surface area contributed by atoms with Crippen molar-refractivity contribution in [3.8, 4) is 0 Å². The molecule has 1 aliphatic rings. The molecule has 0 aliphatic carbocycles. The maximum atomic E-state index is 2.33. The van der Waals surface area contributed by atoms with Gasteiger partial charge in [-0.3, -0.25) is 0 Å². The standard InChI is InChI=1S/C5H6.Sb.H/c1-3-5-4-2;;/h1,3,5H,2H3;;. The summed E-state index contributed by atoms with van der Waals surface area (Å²) < 4.78 is 3.97. The summed E-state index contributed by atoms with van der Waals surface area (Å²) in [5, 5.41) is 0. The summed E-state index contributed by atoms with van der Waals surface area (Å²) in [5.41, 5.74) is 0. The Morgan fingerprint density at radius 3 is 2.67 bits per heavy atom. The Kier molecular flexibility index (Phi) is 1.37. The summed E-state index contributed by atoms with van der Waals surface area (Å²) in [4.78, 5) is 0. The molecule has 1 aliphatic heterocycles. The fourth-order valence-corrected chi connectivity index (χ4v) is 2.27. The van der Waals surface area contributed by atoms with E-state index in [2.05, 4.69) is 23.1 Å². The van der Waals surface area contributed by atoms with E-state index in [9.17, 15) is 0 Å². The molecule has 32 valence electrons. The molecular formula is C5H7Sb. The monoisotopic (exact) mass is 188 g/mol. The Balaban J connectivity index is 2.61. The molecular weight excluding hydrogens is 182 g/mol. The van der Waals surface area contributed by atoms with E-state index in [0.29, 0.717) is 0 Å². The SMILES string of the molecule is C[C]1=CC=[CH][SbH]1. The zero-order valence-electron chi connectivity index (χ0n) is 3.73. The topological polar surface area (TPSA) is 0 Å². The Hall–Kier alpha value is 0.298. The van der Waals surface area contributed by atoms with E-state index in [1.54, 1.807) is 3.52 Å². The fourth-order valence-electron chi connectivity index (χ4n) is 0.420. The van der Waals surface area contributed by atoms with Gasteiger partial charge in [0.05, 0.1) is 0 Å². The average Bonchev–Trinajstić information content (AvgIpc) is 1.86. The third-order valence-electron chi connectivity index (χ3n) is 0.753. The van der Waals surface area contributed by atoms with Gasteiger partial charge in [-0.15, -0.1) is 0 Å². The molecule has 0 radical (unpaired) electrons. The molecule has 6 heavy (non-hydrogen) atoms. The molecule has 1 heteroatoms. The molecule has 0 amide bonds. The van der Waals surface area contributed by atoms with Gasteiger partial charge < -0.3 is 0 Å². The number of allylic oxidation sites excluding steroid dienone is 3. The van der Waals surface area contributed by atoms with Crippen molar-refractivity contribution in [1.29, 1.82) is 0 Å². The van der Waals surface area contributed by atoms with Crippen LogP contribution in [-0.2, 0) is 0 Å². The van der Waals surface area contributed by atoms with Crippen LogP contribution in [0.25, 0.3) is 0 Å². The van der Waals surface area contributed by atoms with Crippen LogP contribution >= 0.6 is 0 Å². The van der Waals surface area contributed by atoms with Crippen LogP contribution in [0.3, 0.4) is 0 Å². The molecule has 0 aromatic rings. The molecule has 0 aromatic carbocycles. The summed E-state index contributed by atoms with van der Waals surface area (Å²) >= 11 is -0.0800. The maximum absolute atomic E-state index is 2.33. The van der Waals surface area contributed by atoms with Gasteiger partial charge in [-0.05, 0) is 0 Å². The zero-order chi connectivity index (χ0) is 4.41. The van der Waals surface area contributed by atoms with Crippen molar-refractivity contribution in [3.63, 3.8) is 0 Å². The van der Waals surface area contributed by atoms with Crippen molar-refractivity contribution in [1.82, 2.24) is 0 Å². The van der Waals surface area contributed by atoms with Crippen molar-refractivity contribution in [3.05, 3.63) is 19.7 Å². The summed E-state index contributed by atoms with van der Waals surface area (Å²) in [6, 6.07) is 0. The summed E-state index contributed by atoms with van der Waals surface area (Å²) in [6.07, 6.45) is 4.38. The Labute approximate surface area is 48.5 Å². The minimum absolute atomic E-state index is 0.0800. The molecule has 0 saturated carbocycles. The number of hydrogen-bond donors (Lipinski definition) is 0. The van der Waals surface area contributed by atoms with E-state index >= 15 is 0 Å². The molecule has 0 saturated heterocycles. The second-order valence-electron chi connectivity index (χ2n) is 1.35. The Bertz CT molecular complexity index is 101. The Morgan fingerprint density at radius 1 is 1.67 bits per heavy atom. The van der Waals surface area contributed by atoms with E-state index in [1.165, 1.54) is 0 Å². The predicted octanol–water partition coefficient (Wildman–Crippen LogP) is 0.854. The van der Waals surface area contributed by atoms with Crippen LogP contribution in [0.2, 0.25) is 0 Å². The number of rotatable bonds is 0. The van der Waals surface area contributed by atoms with E-state index in [-0.39, 0.29) is 21.6 Å². The molecule has 0 fully saturated rings. The van der Waals surface area contributed by atoms with Crippen molar-refractivity contribution in [2.75, 3.05) is 0 Å². The third-order valence-corrected chi connectivity index (χ3v) is 3.55. The van der Waals surface area contributed by atoms with Gasteiger partial charge in [-0.1, -0.05) is 0 Å². The van der Waals surface area contributed by atoms with Crippen molar-refractivity contribution in [2.45, 2.75) is 6.92 Å². The Morgan fingerprint density at radius 2 is 2.50 bits per heavy atom. The minimum atomic E-state index is -0.0800.